The second kappa shape index (κ2) is 6.54. The molecule has 1 atom stereocenters. The molecular formula is C10H20N2O2. The van der Waals surface area contributed by atoms with Gasteiger partial charge in [-0.25, -0.2) is 0 Å². The van der Waals surface area contributed by atoms with Crippen LogP contribution in [-0.2, 0) is 9.59 Å². The molecule has 0 aromatic heterocycles. The first-order chi connectivity index (χ1) is 6.52. The van der Waals surface area contributed by atoms with Crippen LogP contribution in [0.2, 0.25) is 0 Å². The van der Waals surface area contributed by atoms with Gasteiger partial charge in [-0.1, -0.05) is 6.92 Å². The lowest BCUT2D eigenvalue weighted by Crippen LogP contribution is -2.44. The van der Waals surface area contributed by atoms with E-state index in [1.54, 1.807) is 14.0 Å². The van der Waals surface area contributed by atoms with Gasteiger partial charge in [0.15, 0.2) is 0 Å². The van der Waals surface area contributed by atoms with E-state index in [9.17, 15) is 9.59 Å². The SMILES string of the molecule is CCCN(CC(=O)NC)C(C)C(C)=O. The number of amides is 1. The molecule has 0 bridgehead atoms. The van der Waals surface area contributed by atoms with Crippen molar-refractivity contribution in [2.24, 2.45) is 0 Å². The number of Topliss-reactive ketones (excluding diaryl/α,β-unsaturated/α-hetero) is 1. The van der Waals surface area contributed by atoms with Crippen molar-refractivity contribution in [3.05, 3.63) is 0 Å². The van der Waals surface area contributed by atoms with Crippen LogP contribution in [0, 0.1) is 0 Å². The van der Waals surface area contributed by atoms with Crippen molar-refractivity contribution in [3.63, 3.8) is 0 Å². The van der Waals surface area contributed by atoms with Crippen LogP contribution >= 0.6 is 0 Å². The molecule has 0 aromatic carbocycles. The van der Waals surface area contributed by atoms with Gasteiger partial charge in [0, 0.05) is 7.05 Å². The summed E-state index contributed by atoms with van der Waals surface area (Å²) in [5.41, 5.74) is 0. The maximum Gasteiger partial charge on any atom is 0.233 e. The maximum atomic E-state index is 11.2. The summed E-state index contributed by atoms with van der Waals surface area (Å²) >= 11 is 0. The molecule has 4 nitrogen and oxygen atoms in total. The van der Waals surface area contributed by atoms with E-state index in [0.29, 0.717) is 6.54 Å². The molecule has 0 aliphatic heterocycles. The van der Waals surface area contributed by atoms with Crippen molar-refractivity contribution in [1.29, 1.82) is 0 Å². The van der Waals surface area contributed by atoms with Crippen LogP contribution in [0.5, 0.6) is 0 Å². The molecule has 0 saturated heterocycles. The quantitative estimate of drug-likeness (QED) is 0.676. The van der Waals surface area contributed by atoms with Gasteiger partial charge < -0.3 is 5.32 Å². The summed E-state index contributed by atoms with van der Waals surface area (Å²) in [4.78, 5) is 24.2. The van der Waals surface area contributed by atoms with Crippen LogP contribution in [0.1, 0.15) is 27.2 Å². The first-order valence-electron chi connectivity index (χ1n) is 4.98. The van der Waals surface area contributed by atoms with E-state index in [1.165, 1.54) is 0 Å². The fraction of sp³-hybridized carbons (Fsp3) is 0.800. The molecule has 0 fully saturated rings. The molecular weight excluding hydrogens is 180 g/mol. The maximum absolute atomic E-state index is 11.2. The molecule has 0 radical (unpaired) electrons. The fourth-order valence-electron chi connectivity index (χ4n) is 1.22. The van der Waals surface area contributed by atoms with Crippen LogP contribution < -0.4 is 5.32 Å². The van der Waals surface area contributed by atoms with Crippen LogP contribution in [0.4, 0.5) is 0 Å². The van der Waals surface area contributed by atoms with Crippen LogP contribution in [0.25, 0.3) is 0 Å². The second-order valence-electron chi connectivity index (χ2n) is 3.43. The fourth-order valence-corrected chi connectivity index (χ4v) is 1.22. The van der Waals surface area contributed by atoms with E-state index in [4.69, 9.17) is 0 Å². The third-order valence-corrected chi connectivity index (χ3v) is 2.27. The number of hydrogen-bond acceptors (Lipinski definition) is 3. The first-order valence-corrected chi connectivity index (χ1v) is 4.98. The summed E-state index contributed by atoms with van der Waals surface area (Å²) in [6, 6.07) is -0.174. The third-order valence-electron chi connectivity index (χ3n) is 2.27. The van der Waals surface area contributed by atoms with Crippen molar-refractivity contribution < 1.29 is 9.59 Å². The molecule has 0 aromatic rings. The van der Waals surface area contributed by atoms with E-state index in [2.05, 4.69) is 5.32 Å². The summed E-state index contributed by atoms with van der Waals surface area (Å²) in [6.07, 6.45) is 0.939. The highest BCUT2D eigenvalue weighted by Crippen LogP contribution is 2.01. The van der Waals surface area contributed by atoms with E-state index >= 15 is 0 Å². The number of ketones is 1. The standard InChI is InChI=1S/C10H20N2O2/c1-5-6-12(7-10(14)11-4)8(2)9(3)13/h8H,5-7H2,1-4H3,(H,11,14). The number of hydrogen-bond donors (Lipinski definition) is 1. The summed E-state index contributed by atoms with van der Waals surface area (Å²) in [7, 11) is 1.60. The minimum atomic E-state index is -0.174. The van der Waals surface area contributed by atoms with E-state index in [0.717, 1.165) is 13.0 Å². The molecule has 1 N–H and O–H groups in total. The molecule has 1 unspecified atom stereocenters. The van der Waals surface area contributed by atoms with Crippen LogP contribution in [0.15, 0.2) is 0 Å². The van der Waals surface area contributed by atoms with Gasteiger partial charge in [0.1, 0.15) is 5.78 Å². The highest BCUT2D eigenvalue weighted by molar-refractivity contribution is 5.83. The summed E-state index contributed by atoms with van der Waals surface area (Å²) in [6.45, 7) is 6.49. The predicted molar refractivity (Wildman–Crippen MR) is 56.1 cm³/mol. The van der Waals surface area contributed by atoms with Gasteiger partial charge in [0.05, 0.1) is 12.6 Å². The molecule has 0 spiro atoms. The van der Waals surface area contributed by atoms with Gasteiger partial charge in [-0.05, 0) is 26.8 Å². The zero-order chi connectivity index (χ0) is 11.1. The number of likely N-dealkylation sites (N-methyl/N-ethyl adjacent to an activating group) is 1. The largest absolute Gasteiger partial charge is 0.358 e. The number of rotatable bonds is 6. The Bertz CT molecular complexity index is 204. The zero-order valence-electron chi connectivity index (χ0n) is 9.46. The van der Waals surface area contributed by atoms with Gasteiger partial charge in [-0.3, -0.25) is 14.5 Å². The smallest absolute Gasteiger partial charge is 0.233 e. The lowest BCUT2D eigenvalue weighted by atomic mass is 10.2. The predicted octanol–water partition coefficient (Wildman–Crippen LogP) is 0.422. The third kappa shape index (κ3) is 4.37. The van der Waals surface area contributed by atoms with Crippen molar-refractivity contribution >= 4 is 11.7 Å². The zero-order valence-corrected chi connectivity index (χ0v) is 9.46. The normalized spacial score (nSPS) is 12.6. The van der Waals surface area contributed by atoms with Gasteiger partial charge in [-0.15, -0.1) is 0 Å². The first kappa shape index (κ1) is 13.1. The van der Waals surface area contributed by atoms with Crippen molar-refractivity contribution in [2.45, 2.75) is 33.2 Å². The minimum absolute atomic E-state index is 0.0495. The highest BCUT2D eigenvalue weighted by Gasteiger charge is 2.18. The van der Waals surface area contributed by atoms with Crippen LogP contribution in [-0.4, -0.2) is 42.8 Å². The molecule has 0 heterocycles. The van der Waals surface area contributed by atoms with Crippen molar-refractivity contribution in [1.82, 2.24) is 10.2 Å². The van der Waals surface area contributed by atoms with Gasteiger partial charge in [0.25, 0.3) is 0 Å². The Morgan fingerprint density at radius 1 is 1.43 bits per heavy atom. The lowest BCUT2D eigenvalue weighted by molar-refractivity contribution is -0.125. The molecule has 0 rings (SSSR count). The van der Waals surface area contributed by atoms with Gasteiger partial charge >= 0.3 is 0 Å². The van der Waals surface area contributed by atoms with E-state index in [1.807, 2.05) is 18.7 Å². The Kier molecular flexibility index (Phi) is 6.12. The number of nitrogens with zero attached hydrogens (tertiary/aromatic N) is 1. The Morgan fingerprint density at radius 2 is 2.00 bits per heavy atom. The molecule has 82 valence electrons. The van der Waals surface area contributed by atoms with E-state index in [-0.39, 0.29) is 17.7 Å². The summed E-state index contributed by atoms with van der Waals surface area (Å²) < 4.78 is 0. The Labute approximate surface area is 85.7 Å². The number of nitrogens with one attached hydrogen (secondary N) is 1. The molecule has 4 heteroatoms. The number of carbonyl (C=O) groups excluding carboxylic acids is 2. The Balaban J connectivity index is 4.27. The molecule has 0 aliphatic rings. The monoisotopic (exact) mass is 200 g/mol. The van der Waals surface area contributed by atoms with E-state index < -0.39 is 0 Å². The van der Waals surface area contributed by atoms with Crippen LogP contribution in [0.3, 0.4) is 0 Å². The highest BCUT2D eigenvalue weighted by atomic mass is 16.2. The molecule has 0 aliphatic carbocycles. The lowest BCUT2D eigenvalue weighted by Gasteiger charge is -2.25. The van der Waals surface area contributed by atoms with Gasteiger partial charge in [-0.2, -0.15) is 0 Å². The average molecular weight is 200 g/mol. The van der Waals surface area contributed by atoms with Crippen molar-refractivity contribution in [3.8, 4) is 0 Å². The number of carbonyl (C=O) groups is 2. The molecule has 1 amide bonds. The second-order valence-corrected chi connectivity index (χ2v) is 3.43. The van der Waals surface area contributed by atoms with Gasteiger partial charge in [0.2, 0.25) is 5.91 Å². The Hall–Kier alpha value is -0.900. The summed E-state index contributed by atoms with van der Waals surface area (Å²) in [5.74, 6) is 0.0499. The molecule has 14 heavy (non-hydrogen) atoms. The Morgan fingerprint density at radius 3 is 2.36 bits per heavy atom. The molecule has 0 saturated carbocycles. The summed E-state index contributed by atoms with van der Waals surface area (Å²) in [5, 5.41) is 2.56. The minimum Gasteiger partial charge on any atom is -0.358 e. The average Bonchev–Trinajstić information content (AvgIpc) is 2.15. The topological polar surface area (TPSA) is 49.4 Å². The van der Waals surface area contributed by atoms with Crippen molar-refractivity contribution in [2.75, 3.05) is 20.1 Å².